The molecule has 0 amide bonds. The molecule has 0 heterocycles. The van der Waals surface area contributed by atoms with E-state index in [0.717, 1.165) is 48.2 Å². The Hall–Kier alpha value is -2.14. The molecule has 1 saturated carbocycles. The van der Waals surface area contributed by atoms with E-state index in [4.69, 9.17) is 4.74 Å². The Morgan fingerprint density at radius 2 is 1.69 bits per heavy atom. The molecule has 0 aliphatic heterocycles. The van der Waals surface area contributed by atoms with Crippen molar-refractivity contribution in [2.24, 2.45) is 0 Å². The second-order valence-corrected chi connectivity index (χ2v) is 15.4. The van der Waals surface area contributed by atoms with Crippen LogP contribution in [0, 0.1) is 5.82 Å². The van der Waals surface area contributed by atoms with Gasteiger partial charge in [-0.25, -0.2) is 9.18 Å². The van der Waals surface area contributed by atoms with Gasteiger partial charge in [0.25, 0.3) is 0 Å². The zero-order chi connectivity index (χ0) is 23.1. The van der Waals surface area contributed by atoms with Crippen LogP contribution < -0.4 is 9.47 Å². The largest absolute Gasteiger partial charge is 0.573 e. The summed E-state index contributed by atoms with van der Waals surface area (Å²) < 4.78 is 60.2. The number of halogens is 4. The summed E-state index contributed by atoms with van der Waals surface area (Å²) in [5.74, 6) is -1.64. The average molecular weight is 485 g/mol. The number of ether oxygens (including phenoxy) is 2. The Morgan fingerprint density at radius 1 is 1.03 bits per heavy atom. The molecule has 0 saturated heterocycles. The summed E-state index contributed by atoms with van der Waals surface area (Å²) in [5, 5.41) is 0. The van der Waals surface area contributed by atoms with Crippen molar-refractivity contribution in [1.82, 2.24) is 0 Å². The molecule has 0 spiro atoms. The van der Waals surface area contributed by atoms with Gasteiger partial charge in [-0.05, 0) is 60.7 Å². The SMILES string of the molecule is CCC[SiH2][SiH2][C@H]1CC[C@H](c2ccc(C(=O)Oc3ccc(OC(F)(F)F)cc3)c(F)c2)CC1. The van der Waals surface area contributed by atoms with Gasteiger partial charge in [0.15, 0.2) is 0 Å². The van der Waals surface area contributed by atoms with E-state index in [-0.39, 0.29) is 29.4 Å². The summed E-state index contributed by atoms with van der Waals surface area (Å²) in [5.41, 5.74) is 1.67. The molecular weight excluding hydrogens is 456 g/mol. The molecule has 9 heteroatoms. The molecule has 0 aromatic heterocycles. The monoisotopic (exact) mass is 484 g/mol. The zero-order valence-electron chi connectivity index (χ0n) is 18.1. The van der Waals surface area contributed by atoms with Gasteiger partial charge in [-0.1, -0.05) is 43.8 Å². The van der Waals surface area contributed by atoms with Crippen molar-refractivity contribution in [1.29, 1.82) is 0 Å². The molecule has 1 fully saturated rings. The Morgan fingerprint density at radius 3 is 2.28 bits per heavy atom. The van der Waals surface area contributed by atoms with Crippen LogP contribution in [0.25, 0.3) is 0 Å². The van der Waals surface area contributed by atoms with Gasteiger partial charge in [-0.2, -0.15) is 0 Å². The van der Waals surface area contributed by atoms with E-state index in [1.54, 1.807) is 6.07 Å². The third-order valence-corrected chi connectivity index (χ3v) is 14.4. The number of hydrogen-bond donors (Lipinski definition) is 0. The quantitative estimate of drug-likeness (QED) is 0.164. The van der Waals surface area contributed by atoms with Crippen molar-refractivity contribution in [2.45, 2.75) is 62.9 Å². The lowest BCUT2D eigenvalue weighted by Gasteiger charge is -2.28. The molecule has 2 aromatic rings. The number of alkyl halides is 3. The van der Waals surface area contributed by atoms with Gasteiger partial charge in [0.1, 0.15) is 17.3 Å². The summed E-state index contributed by atoms with van der Waals surface area (Å²) in [6.45, 7) is 2.26. The number of carbonyl (C=O) groups excluding carboxylic acids is 1. The molecule has 1 aliphatic carbocycles. The molecule has 3 nitrogen and oxygen atoms in total. The Kier molecular flexibility index (Phi) is 8.53. The lowest BCUT2D eigenvalue weighted by Crippen LogP contribution is -2.18. The van der Waals surface area contributed by atoms with Crippen molar-refractivity contribution < 1.29 is 31.8 Å². The number of benzene rings is 2. The molecule has 32 heavy (non-hydrogen) atoms. The van der Waals surface area contributed by atoms with Gasteiger partial charge in [0.05, 0.1) is 5.56 Å². The normalized spacial score (nSPS) is 19.7. The van der Waals surface area contributed by atoms with Gasteiger partial charge in [-0.3, -0.25) is 0 Å². The first-order valence-electron chi connectivity index (χ1n) is 11.1. The van der Waals surface area contributed by atoms with Crippen molar-refractivity contribution in [3.05, 3.63) is 59.4 Å². The van der Waals surface area contributed by atoms with Crippen molar-refractivity contribution in [3.8, 4) is 11.5 Å². The molecule has 1 aliphatic rings. The Bertz CT molecular complexity index is 895. The smallest absolute Gasteiger partial charge is 0.423 e. The Balaban J connectivity index is 1.56. The van der Waals surface area contributed by atoms with Crippen molar-refractivity contribution >= 4 is 24.0 Å². The third-order valence-electron chi connectivity index (χ3n) is 6.01. The molecule has 174 valence electrons. The molecular formula is C23H28F4O3Si2. The second kappa shape index (κ2) is 11.1. The van der Waals surface area contributed by atoms with Gasteiger partial charge >= 0.3 is 12.3 Å². The van der Waals surface area contributed by atoms with Crippen LogP contribution in [0.1, 0.15) is 60.9 Å². The van der Waals surface area contributed by atoms with E-state index in [2.05, 4.69) is 11.7 Å². The van der Waals surface area contributed by atoms with Crippen LogP contribution in [0.15, 0.2) is 42.5 Å². The molecule has 0 N–H and O–H groups in total. The summed E-state index contributed by atoms with van der Waals surface area (Å²) in [7, 11) is 0.328. The van der Waals surface area contributed by atoms with Crippen LogP contribution in [0.2, 0.25) is 11.6 Å². The van der Waals surface area contributed by atoms with Crippen molar-refractivity contribution in [3.63, 3.8) is 0 Å². The van der Waals surface area contributed by atoms with Gasteiger partial charge < -0.3 is 9.47 Å². The zero-order valence-corrected chi connectivity index (χ0v) is 20.9. The molecule has 0 bridgehead atoms. The van der Waals surface area contributed by atoms with Crippen LogP contribution in [-0.4, -0.2) is 30.4 Å². The highest BCUT2D eigenvalue weighted by Crippen LogP contribution is 2.38. The van der Waals surface area contributed by atoms with Crippen LogP contribution in [0.3, 0.4) is 0 Å². The first-order chi connectivity index (χ1) is 15.2. The molecule has 2 aromatic carbocycles. The summed E-state index contributed by atoms with van der Waals surface area (Å²) in [6, 6.07) is 10.5. The maximum atomic E-state index is 14.7. The second-order valence-electron chi connectivity index (χ2n) is 8.36. The highest BCUT2D eigenvalue weighted by Gasteiger charge is 2.31. The predicted molar refractivity (Wildman–Crippen MR) is 122 cm³/mol. The lowest BCUT2D eigenvalue weighted by atomic mass is 9.83. The fourth-order valence-electron chi connectivity index (χ4n) is 4.29. The fourth-order valence-corrected chi connectivity index (χ4v) is 12.5. The first kappa shape index (κ1) is 24.5. The summed E-state index contributed by atoms with van der Waals surface area (Å²) in [6.07, 6.45) is 1.16. The molecule has 0 atom stereocenters. The third kappa shape index (κ3) is 7.20. The minimum absolute atomic E-state index is 0.00196. The summed E-state index contributed by atoms with van der Waals surface area (Å²) in [4.78, 5) is 12.3. The van der Waals surface area contributed by atoms with Gasteiger partial charge in [0, 0.05) is 18.1 Å². The minimum Gasteiger partial charge on any atom is -0.423 e. The lowest BCUT2D eigenvalue weighted by molar-refractivity contribution is -0.274. The predicted octanol–water partition coefficient (Wildman–Crippen LogP) is 5.47. The number of carbonyl (C=O) groups is 1. The Labute approximate surface area is 189 Å². The highest BCUT2D eigenvalue weighted by atomic mass is 29.1. The molecule has 0 unspecified atom stereocenters. The van der Waals surface area contributed by atoms with E-state index >= 15 is 0 Å². The number of hydrogen-bond acceptors (Lipinski definition) is 3. The minimum atomic E-state index is -4.80. The average Bonchev–Trinajstić information content (AvgIpc) is 2.74. The van der Waals surface area contributed by atoms with Crippen LogP contribution in [0.5, 0.6) is 11.5 Å². The maximum absolute atomic E-state index is 14.7. The fraction of sp³-hybridized carbons (Fsp3) is 0.435. The van der Waals surface area contributed by atoms with Crippen molar-refractivity contribution in [2.75, 3.05) is 0 Å². The summed E-state index contributed by atoms with van der Waals surface area (Å²) >= 11 is 0. The first-order valence-corrected chi connectivity index (χ1v) is 16.9. The van der Waals surface area contributed by atoms with Crippen LogP contribution >= 0.6 is 0 Å². The number of rotatable bonds is 8. The van der Waals surface area contributed by atoms with Gasteiger partial charge in [-0.15, -0.1) is 13.2 Å². The van der Waals surface area contributed by atoms with E-state index in [9.17, 15) is 22.4 Å². The maximum Gasteiger partial charge on any atom is 0.573 e. The highest BCUT2D eigenvalue weighted by molar-refractivity contribution is 7.01. The van der Waals surface area contributed by atoms with Gasteiger partial charge in [0.2, 0.25) is 0 Å². The van der Waals surface area contributed by atoms with E-state index in [1.165, 1.54) is 37.4 Å². The van der Waals surface area contributed by atoms with E-state index in [1.807, 2.05) is 0 Å². The van der Waals surface area contributed by atoms with E-state index < -0.39 is 23.9 Å². The molecule has 0 radical (unpaired) electrons. The topological polar surface area (TPSA) is 35.5 Å². The van der Waals surface area contributed by atoms with E-state index in [0.29, 0.717) is 5.92 Å². The van der Waals surface area contributed by atoms with Crippen LogP contribution in [0.4, 0.5) is 17.6 Å². The standard InChI is InChI=1S/C23H28F4O3Si2/c1-2-13-31-32-19-10-3-15(4-11-19)16-5-12-20(21(24)14-16)22(28)29-17-6-8-18(9-7-17)30-23(25,26)27/h5-9,12,14-15,19H,2-4,10-11,13,31-32H2,1H3/t15-,19-. The molecule has 3 rings (SSSR count). The van der Waals surface area contributed by atoms with Crippen LogP contribution in [-0.2, 0) is 0 Å². The number of esters is 1.